The highest BCUT2D eigenvalue weighted by atomic mass is 16.5. The van der Waals surface area contributed by atoms with Crippen molar-refractivity contribution in [3.05, 3.63) is 29.8 Å². The van der Waals surface area contributed by atoms with Crippen molar-refractivity contribution in [1.29, 1.82) is 0 Å². The number of hydrogen-bond acceptors (Lipinski definition) is 3. The van der Waals surface area contributed by atoms with Gasteiger partial charge >= 0.3 is 6.03 Å². The molecule has 1 atom stereocenters. The van der Waals surface area contributed by atoms with E-state index in [4.69, 9.17) is 4.74 Å². The number of amides is 3. The zero-order valence-corrected chi connectivity index (χ0v) is 12.8. The summed E-state index contributed by atoms with van der Waals surface area (Å²) in [5.41, 5.74) is 1.16. The van der Waals surface area contributed by atoms with E-state index in [0.717, 1.165) is 11.3 Å². The molecule has 1 saturated heterocycles. The molecule has 0 bridgehead atoms. The van der Waals surface area contributed by atoms with Gasteiger partial charge in [0.1, 0.15) is 18.4 Å². The lowest BCUT2D eigenvalue weighted by molar-refractivity contribution is -0.128. The Morgan fingerprint density at radius 2 is 1.90 bits per heavy atom. The summed E-state index contributed by atoms with van der Waals surface area (Å²) in [5.74, 6) is 0.954. The SMILES string of the molecule is Cc1ccc(OCCN2C(=O)NC(CC(C)C)C2=O)cc1. The lowest BCUT2D eigenvalue weighted by Gasteiger charge is -2.14. The monoisotopic (exact) mass is 290 g/mol. The molecule has 1 heterocycles. The fourth-order valence-electron chi connectivity index (χ4n) is 2.31. The van der Waals surface area contributed by atoms with Gasteiger partial charge in [0, 0.05) is 0 Å². The second-order valence-electron chi connectivity index (χ2n) is 5.78. The molecule has 1 aliphatic heterocycles. The summed E-state index contributed by atoms with van der Waals surface area (Å²) in [6.45, 7) is 6.64. The summed E-state index contributed by atoms with van der Waals surface area (Å²) in [6.07, 6.45) is 0.667. The van der Waals surface area contributed by atoms with Crippen molar-refractivity contribution in [1.82, 2.24) is 10.2 Å². The van der Waals surface area contributed by atoms with Crippen LogP contribution in [0.3, 0.4) is 0 Å². The Kier molecular flexibility index (Phi) is 4.83. The van der Waals surface area contributed by atoms with Crippen molar-refractivity contribution in [3.8, 4) is 5.75 Å². The molecule has 114 valence electrons. The van der Waals surface area contributed by atoms with Crippen molar-refractivity contribution >= 4 is 11.9 Å². The Balaban J connectivity index is 1.84. The first-order valence-electron chi connectivity index (χ1n) is 7.28. The number of aryl methyl sites for hydroxylation is 1. The highest BCUT2D eigenvalue weighted by Crippen LogP contribution is 2.15. The molecule has 0 saturated carbocycles. The van der Waals surface area contributed by atoms with Crippen LogP contribution in [0.15, 0.2) is 24.3 Å². The van der Waals surface area contributed by atoms with Gasteiger partial charge in [-0.25, -0.2) is 4.79 Å². The fourth-order valence-corrected chi connectivity index (χ4v) is 2.31. The van der Waals surface area contributed by atoms with Crippen LogP contribution in [0, 0.1) is 12.8 Å². The second-order valence-corrected chi connectivity index (χ2v) is 5.78. The van der Waals surface area contributed by atoms with E-state index in [1.165, 1.54) is 4.90 Å². The van der Waals surface area contributed by atoms with Gasteiger partial charge in [0.25, 0.3) is 5.91 Å². The van der Waals surface area contributed by atoms with Gasteiger partial charge in [0.2, 0.25) is 0 Å². The Hall–Kier alpha value is -2.04. The van der Waals surface area contributed by atoms with E-state index >= 15 is 0 Å². The van der Waals surface area contributed by atoms with Crippen molar-refractivity contribution in [2.75, 3.05) is 13.2 Å². The lowest BCUT2D eigenvalue weighted by atomic mass is 10.0. The summed E-state index contributed by atoms with van der Waals surface area (Å²) in [4.78, 5) is 25.2. The van der Waals surface area contributed by atoms with E-state index in [9.17, 15) is 9.59 Å². The first kappa shape index (κ1) is 15.4. The van der Waals surface area contributed by atoms with Crippen LogP contribution in [-0.4, -0.2) is 36.0 Å². The third-order valence-corrected chi connectivity index (χ3v) is 3.42. The normalized spacial score (nSPS) is 18.3. The molecular formula is C16H22N2O3. The number of rotatable bonds is 6. The number of carbonyl (C=O) groups is 2. The van der Waals surface area contributed by atoms with Crippen molar-refractivity contribution in [2.24, 2.45) is 5.92 Å². The number of carbonyl (C=O) groups excluding carboxylic acids is 2. The minimum Gasteiger partial charge on any atom is -0.492 e. The Morgan fingerprint density at radius 3 is 2.52 bits per heavy atom. The van der Waals surface area contributed by atoms with Crippen LogP contribution < -0.4 is 10.1 Å². The summed E-state index contributed by atoms with van der Waals surface area (Å²) in [5, 5.41) is 2.72. The standard InChI is InChI=1S/C16H22N2O3/c1-11(2)10-14-15(19)18(16(20)17-14)8-9-21-13-6-4-12(3)5-7-13/h4-7,11,14H,8-10H2,1-3H3,(H,17,20). The molecule has 3 amide bonds. The third kappa shape index (κ3) is 3.97. The fraction of sp³-hybridized carbons (Fsp3) is 0.500. The topological polar surface area (TPSA) is 58.6 Å². The van der Waals surface area contributed by atoms with Gasteiger partial charge in [-0.05, 0) is 31.4 Å². The number of nitrogens with one attached hydrogen (secondary N) is 1. The molecule has 1 N–H and O–H groups in total. The molecule has 1 aliphatic rings. The molecule has 5 nitrogen and oxygen atoms in total. The molecule has 1 aromatic carbocycles. The van der Waals surface area contributed by atoms with Gasteiger partial charge in [-0.15, -0.1) is 0 Å². The largest absolute Gasteiger partial charge is 0.492 e. The maximum Gasteiger partial charge on any atom is 0.324 e. The van der Waals surface area contributed by atoms with Crippen LogP contribution in [0.1, 0.15) is 25.8 Å². The Labute approximate surface area is 125 Å². The predicted octanol–water partition coefficient (Wildman–Crippen LogP) is 2.34. The minimum absolute atomic E-state index is 0.152. The van der Waals surface area contributed by atoms with E-state index in [0.29, 0.717) is 18.9 Å². The highest BCUT2D eigenvalue weighted by Gasteiger charge is 2.37. The van der Waals surface area contributed by atoms with Crippen LogP contribution in [0.25, 0.3) is 0 Å². The van der Waals surface area contributed by atoms with Crippen LogP contribution in [-0.2, 0) is 4.79 Å². The lowest BCUT2D eigenvalue weighted by Crippen LogP contribution is -2.35. The second kappa shape index (κ2) is 6.61. The molecular weight excluding hydrogens is 268 g/mol. The number of nitrogens with zero attached hydrogens (tertiary/aromatic N) is 1. The zero-order valence-electron chi connectivity index (χ0n) is 12.8. The van der Waals surface area contributed by atoms with Crippen LogP contribution in [0.4, 0.5) is 4.79 Å². The third-order valence-electron chi connectivity index (χ3n) is 3.42. The van der Waals surface area contributed by atoms with E-state index in [1.54, 1.807) is 0 Å². The number of benzene rings is 1. The Bertz CT molecular complexity index is 511. The quantitative estimate of drug-likeness (QED) is 0.818. The summed E-state index contributed by atoms with van der Waals surface area (Å²) < 4.78 is 5.56. The molecule has 0 aliphatic carbocycles. The van der Waals surface area contributed by atoms with E-state index in [1.807, 2.05) is 45.0 Å². The summed E-state index contributed by atoms with van der Waals surface area (Å²) in [7, 11) is 0. The number of urea groups is 1. The van der Waals surface area contributed by atoms with Gasteiger partial charge in [-0.1, -0.05) is 31.5 Å². The van der Waals surface area contributed by atoms with Crippen LogP contribution in [0.2, 0.25) is 0 Å². The summed E-state index contributed by atoms with van der Waals surface area (Å²) in [6, 6.07) is 6.96. The highest BCUT2D eigenvalue weighted by molar-refractivity contribution is 6.04. The van der Waals surface area contributed by atoms with Crippen LogP contribution in [0.5, 0.6) is 5.75 Å². The zero-order chi connectivity index (χ0) is 15.4. The van der Waals surface area contributed by atoms with E-state index in [2.05, 4.69) is 5.32 Å². The van der Waals surface area contributed by atoms with E-state index < -0.39 is 6.04 Å². The van der Waals surface area contributed by atoms with Crippen LogP contribution >= 0.6 is 0 Å². The molecule has 1 aromatic rings. The minimum atomic E-state index is -0.392. The molecule has 21 heavy (non-hydrogen) atoms. The van der Waals surface area contributed by atoms with Gasteiger partial charge in [-0.3, -0.25) is 9.69 Å². The number of ether oxygens (including phenoxy) is 1. The van der Waals surface area contributed by atoms with Gasteiger partial charge in [0.15, 0.2) is 0 Å². The molecule has 5 heteroatoms. The number of hydrogen-bond donors (Lipinski definition) is 1. The predicted molar refractivity (Wildman–Crippen MR) is 80.2 cm³/mol. The molecule has 2 rings (SSSR count). The average molecular weight is 290 g/mol. The van der Waals surface area contributed by atoms with Gasteiger partial charge < -0.3 is 10.1 Å². The maximum atomic E-state index is 12.1. The molecule has 1 fully saturated rings. The van der Waals surface area contributed by atoms with E-state index in [-0.39, 0.29) is 18.5 Å². The van der Waals surface area contributed by atoms with Gasteiger partial charge in [-0.2, -0.15) is 0 Å². The first-order chi connectivity index (χ1) is 9.97. The van der Waals surface area contributed by atoms with Crippen molar-refractivity contribution < 1.29 is 14.3 Å². The average Bonchev–Trinajstić information content (AvgIpc) is 2.67. The molecule has 0 radical (unpaired) electrons. The Morgan fingerprint density at radius 1 is 1.24 bits per heavy atom. The molecule has 0 spiro atoms. The number of imide groups is 1. The van der Waals surface area contributed by atoms with Crippen molar-refractivity contribution in [3.63, 3.8) is 0 Å². The first-order valence-corrected chi connectivity index (χ1v) is 7.28. The van der Waals surface area contributed by atoms with Crippen molar-refractivity contribution in [2.45, 2.75) is 33.2 Å². The molecule has 0 aromatic heterocycles. The smallest absolute Gasteiger partial charge is 0.324 e. The van der Waals surface area contributed by atoms with Gasteiger partial charge in [0.05, 0.1) is 6.54 Å². The maximum absolute atomic E-state index is 12.1. The molecule has 1 unspecified atom stereocenters. The summed E-state index contributed by atoms with van der Waals surface area (Å²) >= 11 is 0.